The Labute approximate surface area is 616 Å². The van der Waals surface area contributed by atoms with Crippen LogP contribution >= 0.6 is 0 Å². The number of ether oxygens (including phenoxy) is 7. The highest BCUT2D eigenvalue weighted by Crippen LogP contribution is 2.64. The molecule has 7 rings (SSSR count). The minimum Gasteiger partial charge on any atom is -0.455 e. The maximum Gasteiger partial charge on any atom is 0.410 e. The van der Waals surface area contributed by atoms with Crippen LogP contribution in [0.4, 0.5) is 24.9 Å². The fraction of sp³-hybridized carbons (Fsp3) is 0.573. The third-order valence-corrected chi connectivity index (χ3v) is 20.1. The second kappa shape index (κ2) is 34.8. The lowest BCUT2D eigenvalue weighted by molar-refractivity contribution is -0.346. The van der Waals surface area contributed by atoms with Crippen LogP contribution in [-0.2, 0) is 73.3 Å². The SMILES string of the molecule is CC(=O)O[C@@]12CO[C@@H]1C[C@H](O)[C@@]1(C)C(=O)[C@H](O)C3=C(C)[C@@H](OC(=O)[C@H](OC(=O)N(C)CCN(C)C(=O)OCc4ccc(NC(=O)[C@H](CCCNC(N)=O)NC(=O)[C@@H](NC(=O)CN(C)CC(=O)C(C)C)C(C)C)cc4)[C@@H](NC(=O)OC(C)(C)C)c4ccccc4)C[C@@](O)([C@@H](OC(=O)c4ccccc4)[C@H]21)C3(C)C. The number of alkyl carbamates (subject to hydrolysis) is 1. The largest absolute Gasteiger partial charge is 0.455 e. The van der Waals surface area contributed by atoms with Gasteiger partial charge in [0.05, 0.1) is 42.7 Å². The van der Waals surface area contributed by atoms with Gasteiger partial charge in [0.2, 0.25) is 23.8 Å². The van der Waals surface area contributed by atoms with Crippen molar-refractivity contribution < 1.29 is 106 Å². The number of Topliss-reactive ketones (excluding diaryl/α,β-unsaturated/α-hetero) is 2. The number of fused-ring (bicyclic) bond motifs is 5. The van der Waals surface area contributed by atoms with Gasteiger partial charge in [-0.1, -0.05) is 102 Å². The smallest absolute Gasteiger partial charge is 0.410 e. The van der Waals surface area contributed by atoms with E-state index in [1.54, 1.807) is 104 Å². The average molecular weight is 1480 g/mol. The lowest BCUT2D eigenvalue weighted by atomic mass is 9.44. The molecule has 0 unspecified atom stereocenters. The molecule has 8 amide bonds. The molecular formula is C75H103N9O22. The van der Waals surface area contributed by atoms with Crippen LogP contribution in [0.5, 0.6) is 0 Å². The molecule has 580 valence electrons. The standard InChI is InChI=1S/C75H103N9O22/c1-41(2)50(86)37-82(13)38-54(88)80-56(42(3)4)64(92)79-49(27-22-32-77-67(76)95)63(91)78-48-30-28-45(29-31-48)39-100-69(97)83(14)33-34-84(15)70(98)103-59(57(46-23-18-16-19-24-46)81-68(96)106-71(7,8)9)66(94)102-51-36-75(99)62(104-65(93)47-25-20-17-21-26-47)60-73(12,61(90)58(89)55(43(51)5)72(75,10)11)52(87)35-53-74(60,40-101-53)105-44(6)85/h16-21,23-26,28-31,41-42,49,51-53,56-60,62,87,89,99H,22,27,32-40H2,1-15H3,(H,78,91)(H,79,92)(H,80,88)(H,81,96)(H3,76,77,95)/t49-,51-,52-,53+,56-,57-,58+,59+,60-,62-,73+,74-,75+/m0/s1. The van der Waals surface area contributed by atoms with E-state index in [0.717, 1.165) is 16.7 Å². The van der Waals surface area contributed by atoms with Crippen molar-refractivity contribution in [1.82, 2.24) is 36.0 Å². The molecule has 3 fully saturated rings. The summed E-state index contributed by atoms with van der Waals surface area (Å²) in [6, 6.07) is 17.1. The molecule has 3 aromatic rings. The number of nitrogens with one attached hydrogen (secondary N) is 5. The zero-order chi connectivity index (χ0) is 78.7. The van der Waals surface area contributed by atoms with Crippen LogP contribution in [0, 0.1) is 28.6 Å². The van der Waals surface area contributed by atoms with Gasteiger partial charge in [-0.15, -0.1) is 0 Å². The number of anilines is 1. The molecule has 106 heavy (non-hydrogen) atoms. The van der Waals surface area contributed by atoms with Gasteiger partial charge in [-0.05, 0) is 107 Å². The number of amides is 8. The third-order valence-electron chi connectivity index (χ3n) is 20.1. The first kappa shape index (κ1) is 83.7. The highest BCUT2D eigenvalue weighted by molar-refractivity contribution is 5.99. The Morgan fingerprint density at radius 1 is 0.783 bits per heavy atom. The minimum absolute atomic E-state index is 0.00544. The normalized spacial score (nSPS) is 24.1. The fourth-order valence-corrected chi connectivity index (χ4v) is 14.1. The number of likely N-dealkylation sites (N-methyl/N-ethyl adjacent to an activating group) is 3. The molecule has 0 aromatic heterocycles. The second-order valence-corrected chi connectivity index (χ2v) is 30.1. The number of rotatable bonds is 29. The van der Waals surface area contributed by atoms with Crippen molar-refractivity contribution in [3.05, 3.63) is 113 Å². The summed E-state index contributed by atoms with van der Waals surface area (Å²) in [4.78, 5) is 169. The monoisotopic (exact) mass is 1480 g/mol. The number of esters is 3. The summed E-state index contributed by atoms with van der Waals surface area (Å²) in [5, 5.41) is 52.0. The van der Waals surface area contributed by atoms with Gasteiger partial charge < -0.3 is 90.6 Å². The molecule has 0 radical (unpaired) electrons. The van der Waals surface area contributed by atoms with Crippen molar-refractivity contribution in [2.75, 3.05) is 65.8 Å². The van der Waals surface area contributed by atoms with Gasteiger partial charge in [0.25, 0.3) is 0 Å². The molecule has 3 aromatic carbocycles. The van der Waals surface area contributed by atoms with E-state index in [2.05, 4.69) is 26.6 Å². The average Bonchev–Trinajstić information content (AvgIpc) is 0.670. The lowest BCUT2D eigenvalue weighted by Crippen LogP contribution is -2.81. The first-order valence-electron chi connectivity index (χ1n) is 35.3. The van der Waals surface area contributed by atoms with Crippen LogP contribution in [0.3, 0.4) is 0 Å². The van der Waals surface area contributed by atoms with Crippen LogP contribution in [0.2, 0.25) is 0 Å². The van der Waals surface area contributed by atoms with E-state index in [1.165, 1.54) is 83.1 Å². The molecule has 4 aliphatic rings. The van der Waals surface area contributed by atoms with Crippen molar-refractivity contribution in [2.45, 2.75) is 187 Å². The van der Waals surface area contributed by atoms with Crippen molar-refractivity contribution in [2.24, 2.45) is 34.3 Å². The van der Waals surface area contributed by atoms with E-state index in [4.69, 9.17) is 38.9 Å². The topological polar surface area (TPSA) is 426 Å². The third kappa shape index (κ3) is 19.5. The number of carbonyl (C=O) groups is 12. The van der Waals surface area contributed by atoms with E-state index in [9.17, 15) is 63.3 Å². The van der Waals surface area contributed by atoms with Crippen LogP contribution in [0.15, 0.2) is 96.1 Å². The highest BCUT2D eigenvalue weighted by Gasteiger charge is 2.78. The van der Waals surface area contributed by atoms with Crippen LogP contribution in [0.1, 0.15) is 136 Å². The number of ketones is 2. The predicted molar refractivity (Wildman–Crippen MR) is 381 cm³/mol. The van der Waals surface area contributed by atoms with E-state index < -0.39 is 166 Å². The Bertz CT molecular complexity index is 3760. The van der Waals surface area contributed by atoms with E-state index >= 15 is 9.59 Å². The first-order valence-corrected chi connectivity index (χ1v) is 35.3. The Hall–Kier alpha value is -9.56. The van der Waals surface area contributed by atoms with Crippen molar-refractivity contribution in [1.29, 1.82) is 0 Å². The van der Waals surface area contributed by atoms with Crippen LogP contribution in [0.25, 0.3) is 0 Å². The molecule has 2 saturated carbocycles. The Morgan fingerprint density at radius 2 is 1.40 bits per heavy atom. The van der Waals surface area contributed by atoms with E-state index in [-0.39, 0.29) is 99.2 Å². The second-order valence-electron chi connectivity index (χ2n) is 30.1. The molecule has 1 heterocycles. The summed E-state index contributed by atoms with van der Waals surface area (Å²) in [5.74, 6) is -8.35. The molecule has 31 nitrogen and oxygen atoms in total. The number of nitrogens with two attached hydrogens (primary N) is 1. The zero-order valence-electron chi connectivity index (χ0n) is 62.8. The van der Waals surface area contributed by atoms with E-state index in [0.29, 0.717) is 11.3 Å². The van der Waals surface area contributed by atoms with Crippen LogP contribution in [-0.4, -0.2) is 228 Å². The molecular weight excluding hydrogens is 1380 g/mol. The number of nitrogens with zero attached hydrogens (tertiary/aromatic N) is 3. The van der Waals surface area contributed by atoms with Gasteiger partial charge in [0.1, 0.15) is 66.1 Å². The van der Waals surface area contributed by atoms with Gasteiger partial charge in [-0.3, -0.25) is 33.7 Å². The lowest BCUT2D eigenvalue weighted by Gasteiger charge is -2.67. The summed E-state index contributed by atoms with van der Waals surface area (Å²) < 4.78 is 42.2. The number of hydrogen-bond donors (Lipinski definition) is 9. The zero-order valence-corrected chi connectivity index (χ0v) is 62.8. The Kier molecular flexibility index (Phi) is 27.5. The van der Waals surface area contributed by atoms with Crippen molar-refractivity contribution in [3.8, 4) is 0 Å². The summed E-state index contributed by atoms with van der Waals surface area (Å²) in [5.41, 5.74) is -3.34. The number of aliphatic hydroxyl groups is 3. The first-order chi connectivity index (χ1) is 49.6. The number of urea groups is 1. The van der Waals surface area contributed by atoms with Crippen LogP contribution < -0.4 is 32.3 Å². The molecule has 31 heteroatoms. The number of aliphatic hydroxyl groups excluding tert-OH is 2. The number of primary amides is 1. The maximum absolute atomic E-state index is 15.5. The van der Waals surface area contributed by atoms with Gasteiger partial charge in [-0.25, -0.2) is 28.8 Å². The summed E-state index contributed by atoms with van der Waals surface area (Å²) in [7, 11) is 4.30. The minimum atomic E-state index is -2.53. The molecule has 1 saturated heterocycles. The highest BCUT2D eigenvalue weighted by atomic mass is 16.6. The number of carbonyl (C=O) groups excluding carboxylic acids is 12. The molecule has 13 atom stereocenters. The number of hydrogen-bond acceptors (Lipinski definition) is 23. The van der Waals surface area contributed by atoms with Gasteiger partial charge in [0.15, 0.2) is 11.4 Å². The fourth-order valence-electron chi connectivity index (χ4n) is 14.1. The predicted octanol–water partition coefficient (Wildman–Crippen LogP) is 4.77. The van der Waals surface area contributed by atoms with Gasteiger partial charge >= 0.3 is 42.2 Å². The summed E-state index contributed by atoms with van der Waals surface area (Å²) in [6.07, 6.45) is -14.4. The van der Waals surface area contributed by atoms with Crippen molar-refractivity contribution >= 4 is 77.2 Å². The molecule has 1 aliphatic heterocycles. The number of benzene rings is 3. The van der Waals surface area contributed by atoms with Gasteiger partial charge in [-0.2, -0.15) is 0 Å². The maximum atomic E-state index is 15.5. The molecule has 0 spiro atoms. The van der Waals surface area contributed by atoms with E-state index in [1.807, 2.05) is 0 Å². The van der Waals surface area contributed by atoms with Gasteiger partial charge in [0, 0.05) is 70.5 Å². The summed E-state index contributed by atoms with van der Waals surface area (Å²) in [6.45, 7) is 17.5. The Balaban J connectivity index is 1.09. The van der Waals surface area contributed by atoms with Crippen molar-refractivity contribution in [3.63, 3.8) is 0 Å². The Morgan fingerprint density at radius 3 is 1.96 bits per heavy atom. The molecule has 3 aliphatic carbocycles. The summed E-state index contributed by atoms with van der Waals surface area (Å²) >= 11 is 0. The molecule has 10 N–H and O–H groups in total. The molecule has 2 bridgehead atoms. The quantitative estimate of drug-likeness (QED) is 0.0195.